The number of halogens is 4. The van der Waals surface area contributed by atoms with Crippen LogP contribution in [0.2, 0.25) is 5.02 Å². The van der Waals surface area contributed by atoms with Gasteiger partial charge in [0.05, 0.1) is 29.2 Å². The van der Waals surface area contributed by atoms with Gasteiger partial charge >= 0.3 is 6.18 Å². The van der Waals surface area contributed by atoms with Gasteiger partial charge in [-0.2, -0.15) is 18.3 Å². The van der Waals surface area contributed by atoms with Crippen molar-refractivity contribution in [2.24, 2.45) is 0 Å². The standard InChI is InChI=1S/C20H17ClF3N3O/c1-12-18(13(2)27(26-12)11-14-5-3-8-17(21)9-14)25-19(28)15-6-4-7-16(10-15)20(22,23)24/h3-10H,11H2,1-2H3,(H,25,28). The van der Waals surface area contributed by atoms with Crippen LogP contribution in [-0.4, -0.2) is 15.7 Å². The van der Waals surface area contributed by atoms with E-state index in [1.54, 1.807) is 24.6 Å². The molecule has 0 fully saturated rings. The summed E-state index contributed by atoms with van der Waals surface area (Å²) in [7, 11) is 0. The third-order valence-corrected chi connectivity index (χ3v) is 4.53. The maximum Gasteiger partial charge on any atom is 0.416 e. The molecule has 0 aliphatic heterocycles. The van der Waals surface area contributed by atoms with E-state index >= 15 is 0 Å². The van der Waals surface area contributed by atoms with Crippen molar-refractivity contribution in [3.63, 3.8) is 0 Å². The number of aromatic nitrogens is 2. The summed E-state index contributed by atoms with van der Waals surface area (Å²) in [5.74, 6) is -0.625. The Balaban J connectivity index is 1.83. The lowest BCUT2D eigenvalue weighted by Crippen LogP contribution is -2.15. The minimum absolute atomic E-state index is 0.0729. The molecule has 4 nitrogen and oxygen atoms in total. The van der Waals surface area contributed by atoms with Gasteiger partial charge in [-0.3, -0.25) is 9.48 Å². The van der Waals surface area contributed by atoms with Crippen LogP contribution in [-0.2, 0) is 12.7 Å². The van der Waals surface area contributed by atoms with Crippen molar-refractivity contribution < 1.29 is 18.0 Å². The first kappa shape index (κ1) is 19.9. The number of nitrogens with one attached hydrogen (secondary N) is 1. The second kappa shape index (κ2) is 7.67. The van der Waals surface area contributed by atoms with Crippen LogP contribution in [0, 0.1) is 13.8 Å². The van der Waals surface area contributed by atoms with Crippen LogP contribution in [0.5, 0.6) is 0 Å². The number of hydrogen-bond acceptors (Lipinski definition) is 2. The Kier molecular flexibility index (Phi) is 5.47. The van der Waals surface area contributed by atoms with Crippen molar-refractivity contribution in [2.75, 3.05) is 5.32 Å². The first-order valence-corrected chi connectivity index (χ1v) is 8.80. The minimum Gasteiger partial charge on any atom is -0.319 e. The molecule has 146 valence electrons. The molecular formula is C20H17ClF3N3O. The molecule has 0 spiro atoms. The number of carbonyl (C=O) groups excluding carboxylic acids is 1. The third kappa shape index (κ3) is 4.36. The minimum atomic E-state index is -4.51. The molecule has 0 aliphatic carbocycles. The molecule has 0 atom stereocenters. The van der Waals surface area contributed by atoms with Gasteiger partial charge in [-0.25, -0.2) is 0 Å². The number of carbonyl (C=O) groups is 1. The summed E-state index contributed by atoms with van der Waals surface area (Å²) in [5, 5.41) is 7.70. The topological polar surface area (TPSA) is 46.9 Å². The molecule has 0 aliphatic rings. The van der Waals surface area contributed by atoms with Crippen LogP contribution >= 0.6 is 11.6 Å². The summed E-state index contributed by atoms with van der Waals surface area (Å²) in [6.45, 7) is 3.96. The summed E-state index contributed by atoms with van der Waals surface area (Å²) in [6, 6.07) is 11.6. The number of alkyl halides is 3. The summed E-state index contributed by atoms with van der Waals surface area (Å²) in [4.78, 5) is 12.5. The van der Waals surface area contributed by atoms with E-state index in [0.717, 1.165) is 17.7 Å². The first-order valence-electron chi connectivity index (χ1n) is 8.42. The van der Waals surface area contributed by atoms with Crippen LogP contribution in [0.25, 0.3) is 0 Å². The van der Waals surface area contributed by atoms with E-state index in [0.29, 0.717) is 28.6 Å². The summed E-state index contributed by atoms with van der Waals surface area (Å²) < 4.78 is 40.3. The molecule has 1 N–H and O–H groups in total. The zero-order valence-corrected chi connectivity index (χ0v) is 15.9. The average molecular weight is 408 g/mol. The first-order chi connectivity index (χ1) is 13.1. The highest BCUT2D eigenvalue weighted by atomic mass is 35.5. The van der Waals surface area contributed by atoms with Crippen LogP contribution < -0.4 is 5.32 Å². The number of rotatable bonds is 4. The summed E-state index contributed by atoms with van der Waals surface area (Å²) in [6.07, 6.45) is -4.51. The van der Waals surface area contributed by atoms with Gasteiger partial charge in [-0.15, -0.1) is 0 Å². The molecule has 2 aromatic carbocycles. The van der Waals surface area contributed by atoms with Gasteiger partial charge in [0, 0.05) is 10.6 Å². The SMILES string of the molecule is Cc1nn(Cc2cccc(Cl)c2)c(C)c1NC(=O)c1cccc(C(F)(F)F)c1. The van der Waals surface area contributed by atoms with E-state index in [9.17, 15) is 18.0 Å². The second-order valence-electron chi connectivity index (χ2n) is 6.37. The smallest absolute Gasteiger partial charge is 0.319 e. The Labute approximate surface area is 164 Å². The molecule has 3 aromatic rings. The Morgan fingerprint density at radius 2 is 1.86 bits per heavy atom. The van der Waals surface area contributed by atoms with Crippen LogP contribution in [0.3, 0.4) is 0 Å². The fraction of sp³-hybridized carbons (Fsp3) is 0.200. The Hall–Kier alpha value is -2.80. The summed E-state index contributed by atoms with van der Waals surface area (Å²) in [5.41, 5.74) is 1.73. The van der Waals surface area contributed by atoms with Crippen molar-refractivity contribution in [3.05, 3.63) is 81.6 Å². The molecule has 8 heteroatoms. The number of anilines is 1. The van der Waals surface area contributed by atoms with Crippen molar-refractivity contribution in [1.82, 2.24) is 9.78 Å². The molecule has 1 amide bonds. The van der Waals surface area contributed by atoms with Gasteiger partial charge in [-0.1, -0.05) is 29.8 Å². The van der Waals surface area contributed by atoms with Crippen molar-refractivity contribution in [3.8, 4) is 0 Å². The maximum atomic E-state index is 12.9. The van der Waals surface area contributed by atoms with E-state index in [-0.39, 0.29) is 5.56 Å². The van der Waals surface area contributed by atoms with Gasteiger partial charge < -0.3 is 5.32 Å². The molecule has 0 saturated carbocycles. The highest BCUT2D eigenvalue weighted by molar-refractivity contribution is 6.30. The number of hydrogen-bond donors (Lipinski definition) is 1. The van der Waals surface area contributed by atoms with Crippen LogP contribution in [0.15, 0.2) is 48.5 Å². The molecule has 0 bridgehead atoms. The molecule has 1 heterocycles. The quantitative estimate of drug-likeness (QED) is 0.623. The molecular weight excluding hydrogens is 391 g/mol. The lowest BCUT2D eigenvalue weighted by molar-refractivity contribution is -0.137. The molecule has 0 radical (unpaired) electrons. The van der Waals surface area contributed by atoms with Crippen LogP contribution in [0.4, 0.5) is 18.9 Å². The lowest BCUT2D eigenvalue weighted by atomic mass is 10.1. The zero-order valence-electron chi connectivity index (χ0n) is 15.1. The lowest BCUT2D eigenvalue weighted by Gasteiger charge is -2.10. The average Bonchev–Trinajstić information content (AvgIpc) is 2.88. The van der Waals surface area contributed by atoms with Gasteiger partial charge in [0.2, 0.25) is 0 Å². The highest BCUT2D eigenvalue weighted by Gasteiger charge is 2.31. The molecule has 0 unspecified atom stereocenters. The van der Waals surface area contributed by atoms with E-state index in [1.807, 2.05) is 18.2 Å². The number of benzene rings is 2. The fourth-order valence-corrected chi connectivity index (χ4v) is 3.08. The zero-order chi connectivity index (χ0) is 20.5. The van der Waals surface area contributed by atoms with E-state index < -0.39 is 17.6 Å². The molecule has 0 saturated heterocycles. The Morgan fingerprint density at radius 1 is 1.14 bits per heavy atom. The molecule has 3 rings (SSSR count). The fourth-order valence-electron chi connectivity index (χ4n) is 2.86. The van der Waals surface area contributed by atoms with Crippen LogP contribution in [0.1, 0.15) is 32.9 Å². The third-order valence-electron chi connectivity index (χ3n) is 4.29. The number of aryl methyl sites for hydroxylation is 1. The normalized spacial score (nSPS) is 11.5. The highest BCUT2D eigenvalue weighted by Crippen LogP contribution is 2.30. The Bertz CT molecular complexity index is 1030. The van der Waals surface area contributed by atoms with Crippen molar-refractivity contribution in [2.45, 2.75) is 26.6 Å². The van der Waals surface area contributed by atoms with E-state index in [1.165, 1.54) is 12.1 Å². The van der Waals surface area contributed by atoms with E-state index in [2.05, 4.69) is 10.4 Å². The predicted molar refractivity (Wildman–Crippen MR) is 102 cm³/mol. The summed E-state index contributed by atoms with van der Waals surface area (Å²) >= 11 is 6.00. The van der Waals surface area contributed by atoms with Crippen molar-refractivity contribution in [1.29, 1.82) is 0 Å². The number of amides is 1. The predicted octanol–water partition coefficient (Wildman–Crippen LogP) is 5.47. The van der Waals surface area contributed by atoms with Gasteiger partial charge in [-0.05, 0) is 49.7 Å². The van der Waals surface area contributed by atoms with Gasteiger partial charge in [0.15, 0.2) is 0 Å². The van der Waals surface area contributed by atoms with Crippen molar-refractivity contribution >= 4 is 23.2 Å². The van der Waals surface area contributed by atoms with E-state index in [4.69, 9.17) is 11.6 Å². The molecule has 28 heavy (non-hydrogen) atoms. The van der Waals surface area contributed by atoms with Gasteiger partial charge in [0.1, 0.15) is 0 Å². The largest absolute Gasteiger partial charge is 0.416 e. The Morgan fingerprint density at radius 3 is 2.54 bits per heavy atom. The second-order valence-corrected chi connectivity index (χ2v) is 6.80. The molecule has 1 aromatic heterocycles. The van der Waals surface area contributed by atoms with Gasteiger partial charge in [0.25, 0.3) is 5.91 Å². The maximum absolute atomic E-state index is 12.9. The number of nitrogens with zero attached hydrogens (tertiary/aromatic N) is 2. The monoisotopic (exact) mass is 407 g/mol.